The molecule has 1 aromatic heterocycles. The zero-order valence-corrected chi connectivity index (χ0v) is 14.9. The molecule has 1 amide bonds. The topological polar surface area (TPSA) is 33.2 Å². The van der Waals surface area contributed by atoms with Gasteiger partial charge in [0.25, 0.3) is 5.91 Å². The second-order valence-corrected chi connectivity index (χ2v) is 7.29. The van der Waals surface area contributed by atoms with Crippen molar-refractivity contribution in [2.24, 2.45) is 0 Å². The number of carbonyl (C=O) groups is 1. The van der Waals surface area contributed by atoms with E-state index in [1.165, 1.54) is 0 Å². The summed E-state index contributed by atoms with van der Waals surface area (Å²) in [6, 6.07) is 5.76. The number of benzene rings is 1. The minimum atomic E-state index is -4.40. The average molecular weight is 368 g/mol. The van der Waals surface area contributed by atoms with Crippen molar-refractivity contribution >= 4 is 17.2 Å². The first-order valence-corrected chi connectivity index (χ1v) is 9.03. The maximum absolute atomic E-state index is 12.8. The molecule has 25 heavy (non-hydrogen) atoms. The summed E-state index contributed by atoms with van der Waals surface area (Å²) in [6.07, 6.45) is -3.11. The van der Waals surface area contributed by atoms with Crippen molar-refractivity contribution in [3.63, 3.8) is 0 Å². The second kappa shape index (κ2) is 6.78. The summed E-state index contributed by atoms with van der Waals surface area (Å²) in [4.78, 5) is 18.3. The summed E-state index contributed by atoms with van der Waals surface area (Å²) in [5, 5.41) is 1.59. The summed E-state index contributed by atoms with van der Waals surface area (Å²) in [5.74, 6) is -0.00714. The lowest BCUT2D eigenvalue weighted by Gasteiger charge is -2.32. The number of nitrogens with zero attached hydrogens (tertiary/aromatic N) is 2. The number of alkyl halides is 3. The van der Waals surface area contributed by atoms with Crippen molar-refractivity contribution in [1.82, 2.24) is 9.88 Å². The molecule has 3 nitrogen and oxygen atoms in total. The molecule has 3 rings (SSSR count). The van der Waals surface area contributed by atoms with Crippen molar-refractivity contribution in [2.75, 3.05) is 13.1 Å². The Morgan fingerprint density at radius 2 is 1.80 bits per heavy atom. The Hall–Kier alpha value is -1.89. The van der Waals surface area contributed by atoms with Crippen LogP contribution in [-0.2, 0) is 6.18 Å². The summed E-state index contributed by atoms with van der Waals surface area (Å²) in [7, 11) is 0. The van der Waals surface area contributed by atoms with Gasteiger partial charge in [0.05, 0.1) is 5.01 Å². The molecule has 2 aromatic rings. The fourth-order valence-corrected chi connectivity index (χ4v) is 4.24. The zero-order chi connectivity index (χ0) is 18.2. The van der Waals surface area contributed by atoms with Gasteiger partial charge in [-0.2, -0.15) is 13.2 Å². The van der Waals surface area contributed by atoms with Crippen LogP contribution >= 0.6 is 11.3 Å². The van der Waals surface area contributed by atoms with E-state index >= 15 is 0 Å². The number of carbonyl (C=O) groups excluding carboxylic acids is 1. The predicted octanol–water partition coefficient (Wildman–Crippen LogP) is 4.80. The molecule has 0 N–H and O–H groups in total. The SMILES string of the molecule is Cc1cccc(C)c1C(=O)N1CCC(c2nc(C(F)(F)F)cs2)CC1. The fraction of sp³-hybridized carbons (Fsp3) is 0.444. The van der Waals surface area contributed by atoms with E-state index in [1.807, 2.05) is 32.0 Å². The van der Waals surface area contributed by atoms with Gasteiger partial charge in [-0.15, -0.1) is 11.3 Å². The Bertz CT molecular complexity index is 757. The van der Waals surface area contributed by atoms with Crippen LogP contribution in [-0.4, -0.2) is 28.9 Å². The number of amides is 1. The van der Waals surface area contributed by atoms with E-state index < -0.39 is 11.9 Å². The van der Waals surface area contributed by atoms with E-state index in [9.17, 15) is 18.0 Å². The molecular weight excluding hydrogens is 349 g/mol. The fourth-order valence-electron chi connectivity index (χ4n) is 3.24. The Labute approximate surface area is 148 Å². The zero-order valence-electron chi connectivity index (χ0n) is 14.1. The molecule has 0 bridgehead atoms. The number of aryl methyl sites for hydroxylation is 2. The summed E-state index contributed by atoms with van der Waals surface area (Å²) in [5.41, 5.74) is 1.81. The Balaban J connectivity index is 1.68. The van der Waals surface area contributed by atoms with Crippen molar-refractivity contribution in [3.8, 4) is 0 Å². The third-order valence-corrected chi connectivity index (χ3v) is 5.65. The number of aromatic nitrogens is 1. The van der Waals surface area contributed by atoms with Crippen LogP contribution in [0.2, 0.25) is 0 Å². The number of thiazole rings is 1. The van der Waals surface area contributed by atoms with Crippen LogP contribution in [0.4, 0.5) is 13.2 Å². The van der Waals surface area contributed by atoms with Crippen LogP contribution in [0.3, 0.4) is 0 Å². The molecule has 1 aromatic carbocycles. The van der Waals surface area contributed by atoms with Gasteiger partial charge in [0, 0.05) is 30.0 Å². The van der Waals surface area contributed by atoms with Gasteiger partial charge in [-0.25, -0.2) is 4.98 Å². The summed E-state index contributed by atoms with van der Waals surface area (Å²) in [6.45, 7) is 4.92. The van der Waals surface area contributed by atoms with E-state index in [0.29, 0.717) is 30.9 Å². The van der Waals surface area contributed by atoms with E-state index in [1.54, 1.807) is 4.90 Å². The monoisotopic (exact) mass is 368 g/mol. The Morgan fingerprint density at radius 1 is 1.20 bits per heavy atom. The van der Waals surface area contributed by atoms with E-state index in [0.717, 1.165) is 33.4 Å². The molecule has 2 heterocycles. The van der Waals surface area contributed by atoms with Gasteiger partial charge in [-0.05, 0) is 37.8 Å². The van der Waals surface area contributed by atoms with Gasteiger partial charge in [0.1, 0.15) is 0 Å². The Kier molecular flexibility index (Phi) is 4.86. The molecule has 1 saturated heterocycles. The van der Waals surface area contributed by atoms with Crippen LogP contribution < -0.4 is 0 Å². The van der Waals surface area contributed by atoms with Crippen LogP contribution in [0.5, 0.6) is 0 Å². The molecule has 1 aliphatic heterocycles. The molecule has 7 heteroatoms. The summed E-state index contributed by atoms with van der Waals surface area (Å²) < 4.78 is 38.1. The lowest BCUT2D eigenvalue weighted by molar-refractivity contribution is -0.140. The molecule has 1 fully saturated rings. The van der Waals surface area contributed by atoms with Gasteiger partial charge in [-0.3, -0.25) is 4.79 Å². The maximum atomic E-state index is 12.8. The normalized spacial score (nSPS) is 16.3. The highest BCUT2D eigenvalue weighted by Crippen LogP contribution is 2.35. The maximum Gasteiger partial charge on any atom is 0.434 e. The van der Waals surface area contributed by atoms with Crippen molar-refractivity contribution < 1.29 is 18.0 Å². The van der Waals surface area contributed by atoms with Crippen molar-refractivity contribution in [2.45, 2.75) is 38.8 Å². The predicted molar refractivity (Wildman–Crippen MR) is 90.9 cm³/mol. The third kappa shape index (κ3) is 3.71. The van der Waals surface area contributed by atoms with E-state index in [-0.39, 0.29) is 11.8 Å². The molecule has 0 unspecified atom stereocenters. The van der Waals surface area contributed by atoms with E-state index in [4.69, 9.17) is 0 Å². The van der Waals surface area contributed by atoms with Crippen LogP contribution in [0, 0.1) is 13.8 Å². The van der Waals surface area contributed by atoms with Gasteiger partial charge in [0.15, 0.2) is 5.69 Å². The lowest BCUT2D eigenvalue weighted by Crippen LogP contribution is -2.38. The van der Waals surface area contributed by atoms with Gasteiger partial charge in [-0.1, -0.05) is 18.2 Å². The minimum absolute atomic E-state index is 0.00386. The minimum Gasteiger partial charge on any atom is -0.339 e. The average Bonchev–Trinajstić information content (AvgIpc) is 3.05. The number of hydrogen-bond acceptors (Lipinski definition) is 3. The van der Waals surface area contributed by atoms with Gasteiger partial charge in [0.2, 0.25) is 0 Å². The number of rotatable bonds is 2. The number of likely N-dealkylation sites (tertiary alicyclic amines) is 1. The Morgan fingerprint density at radius 3 is 2.32 bits per heavy atom. The molecule has 0 saturated carbocycles. The van der Waals surface area contributed by atoms with Crippen LogP contribution in [0.15, 0.2) is 23.6 Å². The highest BCUT2D eigenvalue weighted by Gasteiger charge is 2.35. The van der Waals surface area contributed by atoms with Crippen LogP contribution in [0.1, 0.15) is 50.9 Å². The highest BCUT2D eigenvalue weighted by molar-refractivity contribution is 7.09. The number of hydrogen-bond donors (Lipinski definition) is 0. The van der Waals surface area contributed by atoms with Crippen LogP contribution in [0.25, 0.3) is 0 Å². The quantitative estimate of drug-likeness (QED) is 0.763. The first-order valence-electron chi connectivity index (χ1n) is 8.15. The largest absolute Gasteiger partial charge is 0.434 e. The molecular formula is C18H19F3N2OS. The second-order valence-electron chi connectivity index (χ2n) is 6.40. The standard InChI is InChI=1S/C18H19F3N2OS/c1-11-4-3-5-12(2)15(11)17(24)23-8-6-13(7-9-23)16-22-14(10-25-16)18(19,20)21/h3-5,10,13H,6-9H2,1-2H3. The lowest BCUT2D eigenvalue weighted by atomic mass is 9.95. The first-order chi connectivity index (χ1) is 11.8. The number of piperidine rings is 1. The first kappa shape index (κ1) is 17.9. The molecule has 0 spiro atoms. The van der Waals surface area contributed by atoms with Crippen molar-refractivity contribution in [3.05, 3.63) is 51.0 Å². The molecule has 1 aliphatic rings. The van der Waals surface area contributed by atoms with Gasteiger partial charge >= 0.3 is 6.18 Å². The highest BCUT2D eigenvalue weighted by atomic mass is 32.1. The number of halogens is 3. The molecule has 134 valence electrons. The van der Waals surface area contributed by atoms with Crippen molar-refractivity contribution in [1.29, 1.82) is 0 Å². The summed E-state index contributed by atoms with van der Waals surface area (Å²) >= 11 is 1.06. The molecule has 0 atom stereocenters. The smallest absolute Gasteiger partial charge is 0.339 e. The molecule has 0 aliphatic carbocycles. The van der Waals surface area contributed by atoms with E-state index in [2.05, 4.69) is 4.98 Å². The molecule has 0 radical (unpaired) electrons. The third-order valence-electron chi connectivity index (χ3n) is 4.64. The van der Waals surface area contributed by atoms with Gasteiger partial charge < -0.3 is 4.90 Å².